The summed E-state index contributed by atoms with van der Waals surface area (Å²) in [5.74, 6) is 3.31. The van der Waals surface area contributed by atoms with Crippen molar-refractivity contribution in [3.05, 3.63) is 18.2 Å². The first-order chi connectivity index (χ1) is 9.33. The predicted octanol–water partition coefficient (Wildman–Crippen LogP) is 2.54. The minimum absolute atomic E-state index is 0. The van der Waals surface area contributed by atoms with Gasteiger partial charge in [-0.2, -0.15) is 0 Å². The van der Waals surface area contributed by atoms with Crippen LogP contribution in [0.3, 0.4) is 0 Å². The number of rotatable bonds is 5. The Morgan fingerprint density at radius 2 is 2.20 bits per heavy atom. The number of aliphatic imine (C=N–C) groups is 1. The summed E-state index contributed by atoms with van der Waals surface area (Å²) >= 11 is 1.69. The zero-order valence-corrected chi connectivity index (χ0v) is 13.2. The van der Waals surface area contributed by atoms with E-state index in [4.69, 9.17) is 14.2 Å². The van der Waals surface area contributed by atoms with Crippen LogP contribution in [0.1, 0.15) is 6.42 Å². The Balaban J connectivity index is 0.00000200. The van der Waals surface area contributed by atoms with Crippen LogP contribution >= 0.6 is 24.2 Å². The number of fused-ring (bicyclic) bond motifs is 1. The number of hydrogen-bond acceptors (Lipinski definition) is 5. The summed E-state index contributed by atoms with van der Waals surface area (Å²) < 4.78 is 16.2. The molecule has 0 saturated heterocycles. The number of thioether (sulfide) groups is 1. The molecule has 0 radical (unpaired) electrons. The highest BCUT2D eigenvalue weighted by molar-refractivity contribution is 8.13. The molecule has 0 unspecified atom stereocenters. The highest BCUT2D eigenvalue weighted by atomic mass is 35.5. The van der Waals surface area contributed by atoms with Crippen LogP contribution in [-0.2, 0) is 0 Å². The third-order valence-electron chi connectivity index (χ3n) is 2.56. The topological polar surface area (TPSA) is 52.1 Å². The molecule has 2 rings (SSSR count). The fourth-order valence-corrected chi connectivity index (χ4v) is 2.36. The van der Waals surface area contributed by atoms with E-state index in [2.05, 4.69) is 10.3 Å². The highest BCUT2D eigenvalue weighted by Gasteiger charge is 2.13. The van der Waals surface area contributed by atoms with Crippen LogP contribution in [0.2, 0.25) is 0 Å². The summed E-state index contributed by atoms with van der Waals surface area (Å²) in [5, 5.41) is 3.98. The largest absolute Gasteiger partial charge is 0.493 e. The van der Waals surface area contributed by atoms with E-state index >= 15 is 0 Å². The Hall–Kier alpha value is -1.27. The number of nitrogens with zero attached hydrogens (tertiary/aromatic N) is 1. The molecule has 0 bridgehead atoms. The van der Waals surface area contributed by atoms with E-state index in [0.29, 0.717) is 13.4 Å². The smallest absolute Gasteiger partial charge is 0.231 e. The first-order valence-electron chi connectivity index (χ1n) is 6.13. The van der Waals surface area contributed by atoms with Gasteiger partial charge in [-0.3, -0.25) is 4.99 Å². The van der Waals surface area contributed by atoms with Crippen LogP contribution in [-0.4, -0.2) is 38.4 Å². The first kappa shape index (κ1) is 16.8. The first-order valence-corrected chi connectivity index (χ1v) is 7.12. The maximum Gasteiger partial charge on any atom is 0.231 e. The van der Waals surface area contributed by atoms with Crippen LogP contribution in [0.4, 0.5) is 0 Å². The SMILES string of the molecule is CN=C(NC)SCCCOc1ccc2c(c1)OCO2.Cl. The van der Waals surface area contributed by atoms with Crippen molar-refractivity contribution >= 4 is 29.3 Å². The molecular weight excluding hydrogens is 300 g/mol. The molecule has 1 aromatic rings. The summed E-state index contributed by atoms with van der Waals surface area (Å²) in [6, 6.07) is 5.63. The second kappa shape index (κ2) is 8.81. The number of halogens is 1. The van der Waals surface area contributed by atoms with Crippen molar-refractivity contribution < 1.29 is 14.2 Å². The molecule has 0 aliphatic carbocycles. The lowest BCUT2D eigenvalue weighted by atomic mass is 10.3. The summed E-state index contributed by atoms with van der Waals surface area (Å²) in [6.07, 6.45) is 0.958. The number of amidine groups is 1. The third-order valence-corrected chi connectivity index (χ3v) is 3.71. The molecule has 1 heterocycles. The second-order valence-electron chi connectivity index (χ2n) is 3.84. The summed E-state index contributed by atoms with van der Waals surface area (Å²) in [7, 11) is 3.65. The Morgan fingerprint density at radius 3 is 2.95 bits per heavy atom. The summed E-state index contributed by atoms with van der Waals surface area (Å²) in [6.45, 7) is 0.964. The molecule has 0 fully saturated rings. The van der Waals surface area contributed by atoms with Crippen LogP contribution in [0.25, 0.3) is 0 Å². The van der Waals surface area contributed by atoms with Gasteiger partial charge >= 0.3 is 0 Å². The van der Waals surface area contributed by atoms with Crippen molar-refractivity contribution in [2.24, 2.45) is 4.99 Å². The molecule has 1 aliphatic heterocycles. The van der Waals surface area contributed by atoms with E-state index in [-0.39, 0.29) is 12.4 Å². The van der Waals surface area contributed by atoms with Gasteiger partial charge in [0.25, 0.3) is 0 Å². The Kier molecular flexibility index (Phi) is 7.40. The summed E-state index contributed by atoms with van der Waals surface area (Å²) in [5.41, 5.74) is 0. The molecule has 0 aromatic heterocycles. The van der Waals surface area contributed by atoms with Crippen LogP contribution in [0.5, 0.6) is 17.2 Å². The Morgan fingerprint density at radius 1 is 1.40 bits per heavy atom. The zero-order valence-electron chi connectivity index (χ0n) is 11.5. The third kappa shape index (κ3) is 4.68. The van der Waals surface area contributed by atoms with Crippen molar-refractivity contribution in [3.63, 3.8) is 0 Å². The summed E-state index contributed by atoms with van der Waals surface area (Å²) in [4.78, 5) is 4.10. The van der Waals surface area contributed by atoms with Gasteiger partial charge in [0.1, 0.15) is 5.75 Å². The minimum Gasteiger partial charge on any atom is -0.493 e. The van der Waals surface area contributed by atoms with E-state index in [0.717, 1.165) is 34.6 Å². The number of ether oxygens (including phenoxy) is 3. The van der Waals surface area contributed by atoms with Gasteiger partial charge in [0.15, 0.2) is 16.7 Å². The molecule has 0 spiro atoms. The monoisotopic (exact) mass is 318 g/mol. The molecule has 1 aliphatic rings. The van der Waals surface area contributed by atoms with Crippen molar-refractivity contribution in [1.29, 1.82) is 0 Å². The molecule has 1 N–H and O–H groups in total. The van der Waals surface area contributed by atoms with E-state index in [1.54, 1.807) is 18.8 Å². The average Bonchev–Trinajstić information content (AvgIpc) is 2.90. The standard InChI is InChI=1S/C13H18N2O3S.ClH/c1-14-13(15-2)19-7-3-6-16-10-4-5-11-12(8-10)18-9-17-11;/h4-5,8H,3,6-7,9H2,1-2H3,(H,14,15);1H. The minimum atomic E-state index is 0. The fraction of sp³-hybridized carbons (Fsp3) is 0.462. The molecule has 5 nitrogen and oxygen atoms in total. The predicted molar refractivity (Wildman–Crippen MR) is 84.8 cm³/mol. The van der Waals surface area contributed by atoms with Gasteiger partial charge in [-0.05, 0) is 18.6 Å². The number of nitrogens with one attached hydrogen (secondary N) is 1. The lowest BCUT2D eigenvalue weighted by Crippen LogP contribution is -2.14. The normalized spacial score (nSPS) is 12.8. The lowest BCUT2D eigenvalue weighted by Gasteiger charge is -2.07. The van der Waals surface area contributed by atoms with Gasteiger partial charge in [-0.25, -0.2) is 0 Å². The van der Waals surface area contributed by atoms with E-state index < -0.39 is 0 Å². The van der Waals surface area contributed by atoms with Gasteiger partial charge < -0.3 is 19.5 Å². The quantitative estimate of drug-likeness (QED) is 0.514. The van der Waals surface area contributed by atoms with Gasteiger partial charge in [-0.1, -0.05) is 11.8 Å². The maximum atomic E-state index is 5.67. The zero-order chi connectivity index (χ0) is 13.5. The molecule has 0 saturated carbocycles. The Bertz CT molecular complexity index is 457. The lowest BCUT2D eigenvalue weighted by molar-refractivity contribution is 0.173. The molecule has 0 atom stereocenters. The second-order valence-corrected chi connectivity index (χ2v) is 4.93. The van der Waals surface area contributed by atoms with E-state index in [1.807, 2.05) is 25.2 Å². The van der Waals surface area contributed by atoms with Gasteiger partial charge in [0.2, 0.25) is 6.79 Å². The molecule has 7 heteroatoms. The Labute approximate surface area is 129 Å². The van der Waals surface area contributed by atoms with Crippen molar-refractivity contribution in [2.75, 3.05) is 33.2 Å². The van der Waals surface area contributed by atoms with Gasteiger partial charge in [0, 0.05) is 25.9 Å². The van der Waals surface area contributed by atoms with Gasteiger partial charge in [0.05, 0.1) is 6.61 Å². The van der Waals surface area contributed by atoms with Gasteiger partial charge in [-0.15, -0.1) is 12.4 Å². The van der Waals surface area contributed by atoms with E-state index in [1.165, 1.54) is 0 Å². The van der Waals surface area contributed by atoms with Crippen molar-refractivity contribution in [2.45, 2.75) is 6.42 Å². The average molecular weight is 319 g/mol. The number of benzene rings is 1. The molecule has 0 amide bonds. The van der Waals surface area contributed by atoms with E-state index in [9.17, 15) is 0 Å². The maximum absolute atomic E-state index is 5.67. The van der Waals surface area contributed by atoms with Crippen molar-refractivity contribution in [3.8, 4) is 17.2 Å². The van der Waals surface area contributed by atoms with Crippen LogP contribution in [0.15, 0.2) is 23.2 Å². The fourth-order valence-electron chi connectivity index (χ4n) is 1.63. The van der Waals surface area contributed by atoms with Crippen LogP contribution < -0.4 is 19.5 Å². The van der Waals surface area contributed by atoms with Crippen molar-refractivity contribution in [1.82, 2.24) is 5.32 Å². The number of hydrogen-bond donors (Lipinski definition) is 1. The molecule has 112 valence electrons. The molecule has 1 aromatic carbocycles. The molecule has 20 heavy (non-hydrogen) atoms. The molecular formula is C13H19ClN2O3S. The van der Waals surface area contributed by atoms with Crippen LogP contribution in [0, 0.1) is 0 Å². The highest BCUT2D eigenvalue weighted by Crippen LogP contribution is 2.35.